The zero-order valence-corrected chi connectivity index (χ0v) is 55.8. The molecule has 5 amide bonds. The summed E-state index contributed by atoms with van der Waals surface area (Å²) in [6.45, 7) is 5.26. The Morgan fingerprint density at radius 3 is 1.96 bits per heavy atom. The average Bonchev–Trinajstić information content (AvgIpc) is 1.58. The van der Waals surface area contributed by atoms with Gasteiger partial charge in [0.25, 0.3) is 11.8 Å². The Bertz CT molecular complexity index is 3660. The molecule has 0 aromatic heterocycles. The van der Waals surface area contributed by atoms with Crippen LogP contribution in [0.4, 0.5) is 46.9 Å². The second kappa shape index (κ2) is 32.1. The number of rotatable bonds is 27. The molecule has 2 N–H and O–H groups in total. The summed E-state index contributed by atoms with van der Waals surface area (Å²) in [6, 6.07) is 39.1. The van der Waals surface area contributed by atoms with E-state index in [0.29, 0.717) is 113 Å². The average molecular weight is 1360 g/mol. The molecule has 0 unspecified atom stereocenters. The third-order valence-corrected chi connectivity index (χ3v) is 20.1. The van der Waals surface area contributed by atoms with Gasteiger partial charge in [-0.2, -0.15) is 26.3 Å². The van der Waals surface area contributed by atoms with Crippen molar-refractivity contribution in [1.29, 1.82) is 0 Å². The number of amides is 5. The van der Waals surface area contributed by atoms with Crippen LogP contribution in [0.2, 0.25) is 0 Å². The van der Waals surface area contributed by atoms with E-state index in [1.807, 2.05) is 85.9 Å². The van der Waals surface area contributed by atoms with E-state index >= 15 is 0 Å². The number of unbranched alkanes of at least 4 members (excludes halogenated alkanes) is 3. The molecule has 0 radical (unpaired) electrons. The molecule has 3 saturated heterocycles. The molecule has 3 fully saturated rings. The van der Waals surface area contributed by atoms with Crippen molar-refractivity contribution < 1.29 is 69.3 Å². The van der Waals surface area contributed by atoms with E-state index in [9.17, 15) is 59.8 Å². The number of piperidine rings is 2. The number of carbonyl (C=O) groups excluding carboxylic acids is 4. The largest absolute Gasteiger partial charge is 0.465 e. The van der Waals surface area contributed by atoms with Crippen LogP contribution in [-0.2, 0) is 48.9 Å². The lowest BCUT2D eigenvalue weighted by atomic mass is 9.72. The number of para-hydroxylation sites is 1. The van der Waals surface area contributed by atoms with E-state index < -0.39 is 64.6 Å². The van der Waals surface area contributed by atoms with Crippen molar-refractivity contribution in [2.45, 2.75) is 113 Å². The van der Waals surface area contributed by atoms with Gasteiger partial charge in [0.05, 0.1) is 29.5 Å². The van der Waals surface area contributed by atoms with Crippen LogP contribution in [0.3, 0.4) is 0 Å². The van der Waals surface area contributed by atoms with Gasteiger partial charge < -0.3 is 49.3 Å². The number of benzene rings is 6. The minimum Gasteiger partial charge on any atom is -0.465 e. The van der Waals surface area contributed by atoms with Crippen LogP contribution in [0.25, 0.3) is 11.1 Å². The van der Waals surface area contributed by atoms with Crippen molar-refractivity contribution in [3.05, 3.63) is 190 Å². The Morgan fingerprint density at radius 1 is 0.653 bits per heavy atom. The molecule has 2 atom stereocenters. The molecule has 524 valence electrons. The topological polar surface area (TPSA) is 159 Å². The molecule has 3 aliphatic heterocycles. The first-order valence-corrected chi connectivity index (χ1v) is 33.8. The number of ether oxygens (including phenoxy) is 2. The molecule has 0 bridgehead atoms. The van der Waals surface area contributed by atoms with Crippen molar-refractivity contribution in [3.8, 4) is 11.1 Å². The standard InChI is InChI=1S/C75H87F7N8O8/c1-84(37-15-38-86(3)69(93)54-23-29-61(30-24-54)83-36-14-5-4-9-22-67(91)85(2)44-45-87-39-31-62(32-40-87)90(71(95)96)65-21-13-11-19-63(65)53-16-7-6-8-17-53)68(92)50-97-66-48-55-18-10-12-20-64(55)72(66)33-41-88(42-34-72)43-35-73(57-25-27-60(76)28-26-57)51-89(52-98-73)70(94)56-46-58(74(77,78)79)49-59(47-56)75(80,81)82/h6-8,10-13,16-21,23-30,46-47,49,62,66,83H,4-5,9,14-15,22,31-45,48,50-52H2,1-3H3,(H,95,96)/t66-,73+/m0/s1. The summed E-state index contributed by atoms with van der Waals surface area (Å²) in [7, 11) is 5.31. The monoisotopic (exact) mass is 1360 g/mol. The summed E-state index contributed by atoms with van der Waals surface area (Å²) in [5, 5.41) is 13.8. The molecule has 6 aromatic carbocycles. The molecular weight excluding hydrogens is 1270 g/mol. The third kappa shape index (κ3) is 17.7. The van der Waals surface area contributed by atoms with Crippen LogP contribution in [0, 0.1) is 5.82 Å². The molecule has 16 nitrogen and oxygen atoms in total. The highest BCUT2D eigenvalue weighted by molar-refractivity contribution is 5.96. The Balaban J connectivity index is 0.608. The number of hydrogen-bond acceptors (Lipinski definition) is 10. The van der Waals surface area contributed by atoms with Crippen molar-refractivity contribution in [2.24, 2.45) is 0 Å². The quantitative estimate of drug-likeness (QED) is 0.0373. The second-order valence-electron chi connectivity index (χ2n) is 26.5. The third-order valence-electron chi connectivity index (χ3n) is 20.1. The number of carbonyl (C=O) groups is 5. The van der Waals surface area contributed by atoms with Crippen molar-refractivity contribution >= 4 is 41.1 Å². The summed E-state index contributed by atoms with van der Waals surface area (Å²) in [5.74, 6) is -1.82. The van der Waals surface area contributed by atoms with Gasteiger partial charge in [-0.25, -0.2) is 9.18 Å². The number of likely N-dealkylation sites (tertiary alicyclic amines) is 2. The molecule has 1 aliphatic carbocycles. The zero-order valence-electron chi connectivity index (χ0n) is 55.8. The molecule has 23 heteroatoms. The van der Waals surface area contributed by atoms with E-state index in [1.165, 1.54) is 29.2 Å². The highest BCUT2D eigenvalue weighted by Crippen LogP contribution is 2.49. The van der Waals surface area contributed by atoms with Crippen LogP contribution in [0.1, 0.15) is 119 Å². The van der Waals surface area contributed by atoms with Gasteiger partial charge in [0.15, 0.2) is 0 Å². The number of nitrogens with one attached hydrogen (secondary N) is 1. The van der Waals surface area contributed by atoms with Crippen molar-refractivity contribution in [2.75, 3.05) is 117 Å². The minimum absolute atomic E-state index is 0.0288. The van der Waals surface area contributed by atoms with Crippen LogP contribution in [0.5, 0.6) is 0 Å². The van der Waals surface area contributed by atoms with Gasteiger partial charge in [-0.3, -0.25) is 24.1 Å². The van der Waals surface area contributed by atoms with Gasteiger partial charge in [-0.15, -0.1) is 0 Å². The number of anilines is 2. The van der Waals surface area contributed by atoms with Crippen molar-refractivity contribution in [3.63, 3.8) is 0 Å². The normalized spacial score (nSPS) is 18.1. The first-order valence-electron chi connectivity index (χ1n) is 33.8. The minimum atomic E-state index is -5.15. The smallest absolute Gasteiger partial charge is 0.416 e. The van der Waals surface area contributed by atoms with E-state index in [2.05, 4.69) is 27.2 Å². The SMILES string of the molecule is CN(CCN1CCC(N(C(=O)O)c2ccccc2-c2ccccc2)CC1)C(=O)CCCCCCNc1ccc(C(=O)N(C)CCCN(C)C(=O)CO[C@H]2Cc3ccccc3C23CCN(CC[C@]2(c4ccc(F)cc4)CN(C(=O)c4cc(C(F)(F)F)cc(C(F)(F)F)c4)CO2)CC3)cc1. The maximum absolute atomic E-state index is 14.2. The van der Waals surface area contributed by atoms with Gasteiger partial charge in [0.1, 0.15) is 24.8 Å². The number of alkyl halides is 6. The number of fused-ring (bicyclic) bond motifs is 2. The summed E-state index contributed by atoms with van der Waals surface area (Å²) >= 11 is 0. The maximum Gasteiger partial charge on any atom is 0.416 e. The summed E-state index contributed by atoms with van der Waals surface area (Å²) in [4.78, 5) is 78.8. The van der Waals surface area contributed by atoms with E-state index in [1.54, 1.807) is 40.9 Å². The fourth-order valence-electron chi connectivity index (χ4n) is 14.3. The fraction of sp³-hybridized carbons (Fsp3) is 0.453. The number of halogens is 7. The van der Waals surface area contributed by atoms with Gasteiger partial charge in [-0.05, 0) is 154 Å². The lowest BCUT2D eigenvalue weighted by Crippen LogP contribution is -2.50. The van der Waals surface area contributed by atoms with Crippen molar-refractivity contribution in [1.82, 2.24) is 29.4 Å². The van der Waals surface area contributed by atoms with E-state index in [4.69, 9.17) is 9.47 Å². The van der Waals surface area contributed by atoms with Gasteiger partial charge in [-0.1, -0.05) is 97.8 Å². The lowest BCUT2D eigenvalue weighted by molar-refractivity contribution is -0.143. The number of carboxylic acid groups (broad SMARTS) is 1. The predicted molar refractivity (Wildman–Crippen MR) is 360 cm³/mol. The van der Waals surface area contributed by atoms with Crippen LogP contribution >= 0.6 is 0 Å². The van der Waals surface area contributed by atoms with E-state index in [0.717, 1.165) is 84.7 Å². The molecule has 6 aromatic rings. The van der Waals surface area contributed by atoms with Gasteiger partial charge in [0.2, 0.25) is 11.8 Å². The highest BCUT2D eigenvalue weighted by Gasteiger charge is 2.50. The fourth-order valence-corrected chi connectivity index (χ4v) is 14.3. The van der Waals surface area contributed by atoms with Crippen LogP contribution in [0.15, 0.2) is 146 Å². The molecular formula is C75H87F7N8O8. The Kier molecular flexibility index (Phi) is 23.7. The second-order valence-corrected chi connectivity index (χ2v) is 26.5. The molecule has 4 aliphatic rings. The molecule has 0 saturated carbocycles. The van der Waals surface area contributed by atoms with Crippen LogP contribution < -0.4 is 10.2 Å². The number of nitrogens with zero attached hydrogens (tertiary/aromatic N) is 7. The summed E-state index contributed by atoms with van der Waals surface area (Å²) < 4.78 is 110. The number of hydrogen-bond donors (Lipinski definition) is 2. The predicted octanol–water partition coefficient (Wildman–Crippen LogP) is 13.3. The molecule has 10 rings (SSSR count). The molecule has 1 spiro atoms. The molecule has 3 heterocycles. The Labute approximate surface area is 568 Å². The maximum atomic E-state index is 14.2. The number of likely N-dealkylation sites (N-methyl/N-ethyl adjacent to an activating group) is 2. The lowest BCUT2D eigenvalue weighted by Gasteiger charge is -2.44. The van der Waals surface area contributed by atoms with E-state index in [-0.39, 0.29) is 55.5 Å². The Hall–Kier alpha value is -8.38. The molecule has 98 heavy (non-hydrogen) atoms. The van der Waals surface area contributed by atoms with Crippen LogP contribution in [-0.4, -0.2) is 183 Å². The summed E-state index contributed by atoms with van der Waals surface area (Å²) in [6.07, 6.45) is -3.29. The Morgan fingerprint density at radius 2 is 1.28 bits per heavy atom. The summed E-state index contributed by atoms with van der Waals surface area (Å²) in [5.41, 5.74) is 1.12. The van der Waals surface area contributed by atoms with Gasteiger partial charge in [0, 0.05) is 114 Å². The zero-order chi connectivity index (χ0) is 69.8. The first kappa shape index (κ1) is 72.4. The van der Waals surface area contributed by atoms with Gasteiger partial charge >= 0.3 is 18.4 Å². The highest BCUT2D eigenvalue weighted by atomic mass is 19.4. The first-order chi connectivity index (χ1) is 46.9.